The van der Waals surface area contributed by atoms with E-state index in [2.05, 4.69) is 4.90 Å². The third kappa shape index (κ3) is 3.37. The predicted molar refractivity (Wildman–Crippen MR) is 73.4 cm³/mol. The van der Waals surface area contributed by atoms with E-state index in [1.807, 2.05) is 30.3 Å². The monoisotopic (exact) mass is 247 g/mol. The number of likely N-dealkylation sites (tertiary alicyclic amines) is 1. The molecule has 1 fully saturated rings. The Bertz CT molecular complexity index is 396. The second-order valence-electron chi connectivity index (χ2n) is 4.41. The van der Waals surface area contributed by atoms with Gasteiger partial charge in [0.2, 0.25) is 0 Å². The van der Waals surface area contributed by atoms with Crippen LogP contribution >= 0.6 is 12.2 Å². The number of piperidine rings is 1. The SMILES string of the molecule is O=C(CC(=S)N1CCCCC1)c1ccccc1. The normalized spacial score (nSPS) is 15.6. The molecule has 1 aromatic rings. The molecule has 0 radical (unpaired) electrons. The molecule has 0 saturated carbocycles. The summed E-state index contributed by atoms with van der Waals surface area (Å²) >= 11 is 5.36. The molecule has 1 aromatic carbocycles. The van der Waals surface area contributed by atoms with Gasteiger partial charge in [0.15, 0.2) is 5.78 Å². The van der Waals surface area contributed by atoms with Crippen LogP contribution in [0.15, 0.2) is 30.3 Å². The lowest BCUT2D eigenvalue weighted by Gasteiger charge is -2.28. The van der Waals surface area contributed by atoms with E-state index < -0.39 is 0 Å². The maximum Gasteiger partial charge on any atom is 0.169 e. The Hall–Kier alpha value is -1.22. The largest absolute Gasteiger partial charge is 0.366 e. The van der Waals surface area contributed by atoms with E-state index in [4.69, 9.17) is 12.2 Å². The first kappa shape index (κ1) is 12.2. The number of hydrogen-bond donors (Lipinski definition) is 0. The number of rotatable bonds is 3. The molecule has 2 rings (SSSR count). The molecule has 0 N–H and O–H groups in total. The molecular formula is C14H17NOS. The summed E-state index contributed by atoms with van der Waals surface area (Å²) < 4.78 is 0. The van der Waals surface area contributed by atoms with E-state index in [1.54, 1.807) is 0 Å². The van der Waals surface area contributed by atoms with Crippen molar-refractivity contribution in [2.24, 2.45) is 0 Å². The Balaban J connectivity index is 1.92. The fourth-order valence-corrected chi connectivity index (χ4v) is 2.43. The van der Waals surface area contributed by atoms with Crippen molar-refractivity contribution in [1.82, 2.24) is 4.90 Å². The van der Waals surface area contributed by atoms with Crippen molar-refractivity contribution in [3.05, 3.63) is 35.9 Å². The number of thiocarbonyl (C=S) groups is 1. The minimum absolute atomic E-state index is 0.126. The summed E-state index contributed by atoms with van der Waals surface area (Å²) in [5, 5.41) is 0. The number of carbonyl (C=O) groups is 1. The third-order valence-electron chi connectivity index (χ3n) is 3.12. The number of ketones is 1. The van der Waals surface area contributed by atoms with Crippen molar-refractivity contribution in [2.45, 2.75) is 25.7 Å². The first-order valence-electron chi connectivity index (χ1n) is 6.13. The van der Waals surface area contributed by atoms with E-state index in [1.165, 1.54) is 19.3 Å². The maximum absolute atomic E-state index is 12.0. The molecule has 0 aromatic heterocycles. The fraction of sp³-hybridized carbons (Fsp3) is 0.429. The highest BCUT2D eigenvalue weighted by Gasteiger charge is 2.16. The van der Waals surface area contributed by atoms with E-state index in [0.717, 1.165) is 23.6 Å². The standard InChI is InChI=1S/C14H17NOS/c16-13(12-7-3-1-4-8-12)11-14(17)15-9-5-2-6-10-15/h1,3-4,7-8H,2,5-6,9-11H2. The lowest BCUT2D eigenvalue weighted by atomic mass is 10.1. The minimum Gasteiger partial charge on any atom is -0.366 e. The summed E-state index contributed by atoms with van der Waals surface area (Å²) in [6, 6.07) is 9.39. The third-order valence-corrected chi connectivity index (χ3v) is 3.52. The molecule has 0 unspecified atom stereocenters. The number of nitrogens with zero attached hydrogens (tertiary/aromatic N) is 1. The van der Waals surface area contributed by atoms with Crippen molar-refractivity contribution in [3.8, 4) is 0 Å². The molecule has 1 heterocycles. The highest BCUT2D eigenvalue weighted by atomic mass is 32.1. The van der Waals surface area contributed by atoms with Crippen molar-refractivity contribution < 1.29 is 4.79 Å². The number of Topliss-reactive ketones (excluding diaryl/α,β-unsaturated/α-hetero) is 1. The van der Waals surface area contributed by atoms with Crippen LogP contribution in [0, 0.1) is 0 Å². The Morgan fingerprint density at radius 2 is 1.76 bits per heavy atom. The van der Waals surface area contributed by atoms with Gasteiger partial charge in [-0.2, -0.15) is 0 Å². The molecule has 0 amide bonds. The maximum atomic E-state index is 12.0. The van der Waals surface area contributed by atoms with E-state index in [-0.39, 0.29) is 5.78 Å². The van der Waals surface area contributed by atoms with Crippen LogP contribution in [-0.4, -0.2) is 28.8 Å². The number of hydrogen-bond acceptors (Lipinski definition) is 2. The van der Waals surface area contributed by atoms with Gasteiger partial charge in [0, 0.05) is 18.7 Å². The predicted octanol–water partition coefficient (Wildman–Crippen LogP) is 3.07. The van der Waals surface area contributed by atoms with Gasteiger partial charge in [0.1, 0.15) is 0 Å². The molecule has 1 aliphatic heterocycles. The molecular weight excluding hydrogens is 230 g/mol. The lowest BCUT2D eigenvalue weighted by molar-refractivity contribution is 0.0997. The molecule has 3 heteroatoms. The van der Waals surface area contributed by atoms with Crippen LogP contribution in [0.3, 0.4) is 0 Å². The zero-order valence-electron chi connectivity index (χ0n) is 9.89. The molecule has 2 nitrogen and oxygen atoms in total. The van der Waals surface area contributed by atoms with E-state index in [0.29, 0.717) is 6.42 Å². The Morgan fingerprint density at radius 1 is 1.12 bits per heavy atom. The summed E-state index contributed by atoms with van der Waals surface area (Å²) in [5.74, 6) is 0.126. The Kier molecular flexibility index (Phi) is 4.26. The molecule has 0 aliphatic carbocycles. The smallest absolute Gasteiger partial charge is 0.169 e. The zero-order chi connectivity index (χ0) is 12.1. The highest BCUT2D eigenvalue weighted by molar-refractivity contribution is 7.80. The first-order chi connectivity index (χ1) is 8.27. The molecule has 0 bridgehead atoms. The second-order valence-corrected chi connectivity index (χ2v) is 4.88. The molecule has 1 saturated heterocycles. The summed E-state index contributed by atoms with van der Waals surface area (Å²) in [6.07, 6.45) is 4.05. The fourth-order valence-electron chi connectivity index (χ4n) is 2.12. The van der Waals surface area contributed by atoms with Gasteiger partial charge in [0.05, 0.1) is 11.4 Å². The minimum atomic E-state index is 0.126. The van der Waals surface area contributed by atoms with Gasteiger partial charge in [-0.1, -0.05) is 42.5 Å². The average molecular weight is 247 g/mol. The van der Waals surface area contributed by atoms with Gasteiger partial charge >= 0.3 is 0 Å². The van der Waals surface area contributed by atoms with Crippen LogP contribution in [0.4, 0.5) is 0 Å². The first-order valence-corrected chi connectivity index (χ1v) is 6.54. The molecule has 17 heavy (non-hydrogen) atoms. The van der Waals surface area contributed by atoms with Gasteiger partial charge in [-0.15, -0.1) is 0 Å². The van der Waals surface area contributed by atoms with Crippen molar-refractivity contribution >= 4 is 23.0 Å². The highest BCUT2D eigenvalue weighted by Crippen LogP contribution is 2.13. The van der Waals surface area contributed by atoms with Gasteiger partial charge in [0.25, 0.3) is 0 Å². The van der Waals surface area contributed by atoms with Crippen molar-refractivity contribution in [1.29, 1.82) is 0 Å². The molecule has 90 valence electrons. The van der Waals surface area contributed by atoms with Gasteiger partial charge in [-0.25, -0.2) is 0 Å². The number of benzene rings is 1. The van der Waals surface area contributed by atoms with Gasteiger partial charge in [-0.05, 0) is 19.3 Å². The molecule has 0 spiro atoms. The van der Waals surface area contributed by atoms with E-state index >= 15 is 0 Å². The topological polar surface area (TPSA) is 20.3 Å². The van der Waals surface area contributed by atoms with E-state index in [9.17, 15) is 4.79 Å². The van der Waals surface area contributed by atoms with Crippen LogP contribution in [0.25, 0.3) is 0 Å². The lowest BCUT2D eigenvalue weighted by Crippen LogP contribution is -2.35. The molecule has 0 atom stereocenters. The quantitative estimate of drug-likeness (QED) is 0.605. The van der Waals surface area contributed by atoms with Crippen molar-refractivity contribution in [2.75, 3.05) is 13.1 Å². The Morgan fingerprint density at radius 3 is 2.41 bits per heavy atom. The average Bonchev–Trinajstić information content (AvgIpc) is 2.40. The van der Waals surface area contributed by atoms with Crippen LogP contribution in [0.5, 0.6) is 0 Å². The summed E-state index contributed by atoms with van der Waals surface area (Å²) in [7, 11) is 0. The number of carbonyl (C=O) groups excluding carboxylic acids is 1. The summed E-state index contributed by atoms with van der Waals surface area (Å²) in [4.78, 5) is 15.0. The van der Waals surface area contributed by atoms with Crippen LogP contribution in [0.2, 0.25) is 0 Å². The zero-order valence-corrected chi connectivity index (χ0v) is 10.7. The van der Waals surface area contributed by atoms with Gasteiger partial charge < -0.3 is 4.90 Å². The summed E-state index contributed by atoms with van der Waals surface area (Å²) in [5.41, 5.74) is 0.756. The molecule has 1 aliphatic rings. The van der Waals surface area contributed by atoms with Crippen LogP contribution < -0.4 is 0 Å². The van der Waals surface area contributed by atoms with Crippen molar-refractivity contribution in [3.63, 3.8) is 0 Å². The van der Waals surface area contributed by atoms with Crippen LogP contribution in [-0.2, 0) is 0 Å². The van der Waals surface area contributed by atoms with Gasteiger partial charge in [-0.3, -0.25) is 4.79 Å². The second kappa shape index (κ2) is 5.92. The van der Waals surface area contributed by atoms with Crippen LogP contribution in [0.1, 0.15) is 36.0 Å². The summed E-state index contributed by atoms with van der Waals surface area (Å²) in [6.45, 7) is 2.03. The Labute approximate surface area is 108 Å².